The van der Waals surface area contributed by atoms with E-state index in [1.165, 1.54) is 0 Å². The van der Waals surface area contributed by atoms with Crippen LogP contribution in [0.4, 0.5) is 0 Å². The minimum absolute atomic E-state index is 0. The lowest BCUT2D eigenvalue weighted by molar-refractivity contribution is -0.128. The highest BCUT2D eigenvalue weighted by molar-refractivity contribution is 14.0. The zero-order valence-corrected chi connectivity index (χ0v) is 15.6. The average Bonchev–Trinajstić information content (AvgIpc) is 2.34. The fourth-order valence-electron chi connectivity index (χ4n) is 1.28. The Morgan fingerprint density at radius 1 is 1.26 bits per heavy atom. The zero-order chi connectivity index (χ0) is 14.0. The van der Waals surface area contributed by atoms with Crippen LogP contribution < -0.4 is 16.0 Å². The molecule has 0 atom stereocenters. The Kier molecular flexibility index (Phi) is 12.9. The Balaban J connectivity index is 0. The first kappa shape index (κ1) is 21.1. The van der Waals surface area contributed by atoms with Crippen molar-refractivity contribution < 1.29 is 4.79 Å². The smallest absolute Gasteiger partial charge is 0.227 e. The number of hydrogen-bond donors (Lipinski definition) is 3. The van der Waals surface area contributed by atoms with E-state index in [4.69, 9.17) is 0 Å². The molecule has 0 spiro atoms. The number of amides is 1. The Bertz CT molecular complexity index is 285. The van der Waals surface area contributed by atoms with Gasteiger partial charge in [0.2, 0.25) is 5.91 Å². The summed E-state index contributed by atoms with van der Waals surface area (Å²) < 4.78 is 0. The van der Waals surface area contributed by atoms with Crippen molar-refractivity contribution >= 4 is 47.6 Å². The van der Waals surface area contributed by atoms with Gasteiger partial charge in [-0.3, -0.25) is 9.79 Å². The summed E-state index contributed by atoms with van der Waals surface area (Å²) in [6.07, 6.45) is 2.07. The Hall–Kier alpha value is -0.180. The van der Waals surface area contributed by atoms with Gasteiger partial charge in [-0.2, -0.15) is 11.8 Å². The number of nitrogens with zero attached hydrogens (tertiary/aromatic N) is 1. The van der Waals surface area contributed by atoms with Crippen LogP contribution in [0, 0.1) is 5.41 Å². The van der Waals surface area contributed by atoms with Crippen molar-refractivity contribution in [3.8, 4) is 0 Å². The molecule has 7 heteroatoms. The molecule has 5 nitrogen and oxygen atoms in total. The van der Waals surface area contributed by atoms with Crippen molar-refractivity contribution in [1.82, 2.24) is 16.0 Å². The molecule has 0 radical (unpaired) electrons. The number of halogens is 1. The van der Waals surface area contributed by atoms with E-state index in [9.17, 15) is 4.79 Å². The summed E-state index contributed by atoms with van der Waals surface area (Å²) in [7, 11) is 1.73. The van der Waals surface area contributed by atoms with Gasteiger partial charge in [-0.1, -0.05) is 0 Å². The van der Waals surface area contributed by atoms with Crippen molar-refractivity contribution in [2.24, 2.45) is 10.4 Å². The number of aliphatic imine (C=N–C) groups is 1. The zero-order valence-electron chi connectivity index (χ0n) is 12.5. The molecule has 0 aromatic carbocycles. The van der Waals surface area contributed by atoms with Crippen LogP contribution in [-0.2, 0) is 4.79 Å². The third-order valence-corrected chi connectivity index (χ3v) is 3.08. The van der Waals surface area contributed by atoms with Crippen LogP contribution in [0.5, 0.6) is 0 Å². The highest BCUT2D eigenvalue weighted by Gasteiger charge is 2.27. The minimum Gasteiger partial charge on any atom is -0.356 e. The topological polar surface area (TPSA) is 65.5 Å². The molecule has 0 fully saturated rings. The molecule has 0 saturated heterocycles. The number of guanidine groups is 1. The second-order valence-corrected chi connectivity index (χ2v) is 5.57. The first-order valence-corrected chi connectivity index (χ1v) is 7.59. The third kappa shape index (κ3) is 9.37. The van der Waals surface area contributed by atoms with E-state index in [0.29, 0.717) is 13.1 Å². The Morgan fingerprint density at radius 2 is 1.89 bits per heavy atom. The molecule has 1 amide bonds. The molecule has 0 aromatic rings. The predicted octanol–water partition coefficient (Wildman–Crippen LogP) is 1.29. The first-order valence-electron chi connectivity index (χ1n) is 6.19. The lowest BCUT2D eigenvalue weighted by Gasteiger charge is -2.24. The largest absolute Gasteiger partial charge is 0.356 e. The summed E-state index contributed by atoms with van der Waals surface area (Å²) >= 11 is 1.78. The van der Waals surface area contributed by atoms with Gasteiger partial charge in [0, 0.05) is 32.4 Å². The van der Waals surface area contributed by atoms with Crippen LogP contribution in [0.25, 0.3) is 0 Å². The second-order valence-electron chi connectivity index (χ2n) is 4.59. The Morgan fingerprint density at radius 3 is 2.37 bits per heavy atom. The molecule has 0 rings (SSSR count). The third-order valence-electron chi connectivity index (χ3n) is 2.47. The van der Waals surface area contributed by atoms with E-state index in [1.807, 2.05) is 20.8 Å². The van der Waals surface area contributed by atoms with E-state index < -0.39 is 5.41 Å². The van der Waals surface area contributed by atoms with E-state index in [1.54, 1.807) is 18.8 Å². The van der Waals surface area contributed by atoms with Crippen molar-refractivity contribution in [2.75, 3.05) is 38.7 Å². The number of hydrogen-bond acceptors (Lipinski definition) is 3. The summed E-state index contributed by atoms with van der Waals surface area (Å²) in [6, 6.07) is 0. The van der Waals surface area contributed by atoms with Gasteiger partial charge in [-0.15, -0.1) is 24.0 Å². The first-order chi connectivity index (χ1) is 8.47. The molecular weight excluding hydrogens is 375 g/mol. The lowest BCUT2D eigenvalue weighted by Crippen LogP contribution is -2.48. The van der Waals surface area contributed by atoms with E-state index in [0.717, 1.165) is 18.3 Å². The molecule has 0 bridgehead atoms. The lowest BCUT2D eigenvalue weighted by atomic mass is 9.92. The van der Waals surface area contributed by atoms with Crippen molar-refractivity contribution in [1.29, 1.82) is 0 Å². The molecule has 0 heterocycles. The maximum absolute atomic E-state index is 11.8. The summed E-state index contributed by atoms with van der Waals surface area (Å²) in [5.41, 5.74) is -0.451. The van der Waals surface area contributed by atoms with Gasteiger partial charge < -0.3 is 16.0 Å². The summed E-state index contributed by atoms with van der Waals surface area (Å²) in [5, 5.41) is 9.21. The van der Waals surface area contributed by atoms with Gasteiger partial charge in [-0.25, -0.2) is 0 Å². The molecule has 0 unspecified atom stereocenters. The summed E-state index contributed by atoms with van der Waals surface area (Å²) in [6.45, 7) is 7.83. The van der Waals surface area contributed by atoms with Crippen molar-refractivity contribution in [3.63, 3.8) is 0 Å². The van der Waals surface area contributed by atoms with E-state index in [2.05, 4.69) is 27.2 Å². The highest BCUT2D eigenvalue weighted by Crippen LogP contribution is 2.13. The molecule has 0 saturated carbocycles. The molecule has 0 aliphatic heterocycles. The number of thioether (sulfide) groups is 1. The molecule has 3 N–H and O–H groups in total. The predicted molar refractivity (Wildman–Crippen MR) is 95.6 cm³/mol. The molecule has 114 valence electrons. The highest BCUT2D eigenvalue weighted by atomic mass is 127. The number of rotatable bonds is 7. The maximum atomic E-state index is 11.8. The van der Waals surface area contributed by atoms with Gasteiger partial charge >= 0.3 is 0 Å². The van der Waals surface area contributed by atoms with Gasteiger partial charge in [-0.05, 0) is 27.0 Å². The summed E-state index contributed by atoms with van der Waals surface area (Å²) in [4.78, 5) is 15.9. The number of carbonyl (C=O) groups is 1. The van der Waals surface area contributed by atoms with E-state index >= 15 is 0 Å². The fourth-order valence-corrected chi connectivity index (χ4v) is 1.58. The second kappa shape index (κ2) is 11.6. The molecule has 0 aliphatic rings. The summed E-state index contributed by atoms with van der Waals surface area (Å²) in [5.74, 6) is 1.82. The van der Waals surface area contributed by atoms with Gasteiger partial charge in [0.25, 0.3) is 0 Å². The number of nitrogens with one attached hydrogen (secondary N) is 3. The van der Waals surface area contributed by atoms with Crippen LogP contribution in [0.15, 0.2) is 4.99 Å². The fraction of sp³-hybridized carbons (Fsp3) is 0.833. The van der Waals surface area contributed by atoms with Crippen molar-refractivity contribution in [2.45, 2.75) is 20.8 Å². The monoisotopic (exact) mass is 402 g/mol. The quantitative estimate of drug-likeness (QED) is 0.260. The van der Waals surface area contributed by atoms with Crippen LogP contribution in [0.3, 0.4) is 0 Å². The van der Waals surface area contributed by atoms with Gasteiger partial charge in [0.15, 0.2) is 5.96 Å². The Labute approximate surface area is 138 Å². The normalized spacial score (nSPS) is 11.5. The van der Waals surface area contributed by atoms with Gasteiger partial charge in [0.1, 0.15) is 0 Å². The van der Waals surface area contributed by atoms with Crippen molar-refractivity contribution in [3.05, 3.63) is 0 Å². The van der Waals surface area contributed by atoms with Crippen LogP contribution in [-0.4, -0.2) is 50.6 Å². The van der Waals surface area contributed by atoms with Gasteiger partial charge in [0.05, 0.1) is 5.41 Å². The minimum atomic E-state index is -0.451. The van der Waals surface area contributed by atoms with Crippen LogP contribution >= 0.6 is 35.7 Å². The molecular formula is C12H27IN4OS. The number of carbonyl (C=O) groups excluding carboxylic acids is 1. The SMILES string of the molecule is CCNC(=O)C(C)(C)CNC(=NC)NCCSC.I. The van der Waals surface area contributed by atoms with Crippen LogP contribution in [0.1, 0.15) is 20.8 Å². The maximum Gasteiger partial charge on any atom is 0.227 e. The molecule has 0 aliphatic carbocycles. The average molecular weight is 402 g/mol. The molecule has 19 heavy (non-hydrogen) atoms. The van der Waals surface area contributed by atoms with Crippen LogP contribution in [0.2, 0.25) is 0 Å². The molecule has 0 aromatic heterocycles. The van der Waals surface area contributed by atoms with E-state index in [-0.39, 0.29) is 29.9 Å². The standard InChI is InChI=1S/C12H26N4OS.HI/c1-6-14-10(17)12(2,3)9-16-11(13-4)15-7-8-18-5;/h6-9H2,1-5H3,(H,14,17)(H2,13,15,16);1H.